The maximum atomic E-state index is 12.2. The molecule has 0 radical (unpaired) electrons. The van der Waals surface area contributed by atoms with Crippen LogP contribution in [0.25, 0.3) is 0 Å². The summed E-state index contributed by atoms with van der Waals surface area (Å²) in [5.74, 6) is 0. The Bertz CT molecular complexity index is 689. The van der Waals surface area contributed by atoms with E-state index in [2.05, 4.69) is 9.82 Å². The lowest BCUT2D eigenvalue weighted by molar-refractivity contribution is 0.285. The van der Waals surface area contributed by atoms with E-state index in [1.807, 2.05) is 13.1 Å². The van der Waals surface area contributed by atoms with E-state index in [9.17, 15) is 8.42 Å². The Morgan fingerprint density at radius 3 is 2.80 bits per heavy atom. The van der Waals surface area contributed by atoms with E-state index in [4.69, 9.17) is 5.11 Å². The Hall–Kier alpha value is -1.22. The summed E-state index contributed by atoms with van der Waals surface area (Å²) in [5.41, 5.74) is 0.964. The van der Waals surface area contributed by atoms with Gasteiger partial charge in [-0.3, -0.25) is 4.68 Å². The lowest BCUT2D eigenvalue weighted by atomic mass is 10.3. The number of hydrogen-bond acceptors (Lipinski definition) is 5. The third-order valence-electron chi connectivity index (χ3n) is 2.96. The van der Waals surface area contributed by atoms with Crippen LogP contribution in [0.15, 0.2) is 23.2 Å². The van der Waals surface area contributed by atoms with E-state index in [1.54, 1.807) is 17.8 Å². The zero-order valence-electron chi connectivity index (χ0n) is 11.3. The van der Waals surface area contributed by atoms with Crippen molar-refractivity contribution in [1.29, 1.82) is 0 Å². The van der Waals surface area contributed by atoms with Crippen LogP contribution in [-0.4, -0.2) is 29.8 Å². The van der Waals surface area contributed by atoms with E-state index >= 15 is 0 Å². The van der Waals surface area contributed by atoms with E-state index in [-0.39, 0.29) is 11.5 Å². The molecule has 0 unspecified atom stereocenters. The maximum Gasteiger partial charge on any atom is 0.241 e. The number of nitrogens with zero attached hydrogens (tertiary/aromatic N) is 2. The van der Waals surface area contributed by atoms with Gasteiger partial charge in [0.2, 0.25) is 10.0 Å². The first-order valence-electron chi connectivity index (χ1n) is 6.11. The minimum atomic E-state index is -3.53. The molecule has 0 aliphatic heterocycles. The number of sulfonamides is 1. The number of hydrogen-bond donors (Lipinski definition) is 2. The van der Waals surface area contributed by atoms with Gasteiger partial charge in [-0.1, -0.05) is 0 Å². The summed E-state index contributed by atoms with van der Waals surface area (Å²) < 4.78 is 28.7. The molecule has 2 aromatic heterocycles. The fourth-order valence-electron chi connectivity index (χ4n) is 1.91. The fourth-order valence-corrected chi connectivity index (χ4v) is 4.43. The third kappa shape index (κ3) is 3.26. The first-order chi connectivity index (χ1) is 9.44. The molecule has 2 heterocycles. The molecule has 0 amide bonds. The monoisotopic (exact) mass is 315 g/mol. The Labute approximate surface area is 122 Å². The first kappa shape index (κ1) is 15.2. The van der Waals surface area contributed by atoms with Gasteiger partial charge in [0.1, 0.15) is 0 Å². The molecule has 0 saturated heterocycles. The van der Waals surface area contributed by atoms with Crippen molar-refractivity contribution in [2.75, 3.05) is 6.54 Å². The molecule has 2 N–H and O–H groups in total. The van der Waals surface area contributed by atoms with Gasteiger partial charge < -0.3 is 5.11 Å². The van der Waals surface area contributed by atoms with E-state index < -0.39 is 10.0 Å². The molecule has 0 aromatic carbocycles. The maximum absolute atomic E-state index is 12.2. The van der Waals surface area contributed by atoms with Gasteiger partial charge in [0.05, 0.1) is 11.5 Å². The van der Waals surface area contributed by atoms with Gasteiger partial charge in [-0.15, -0.1) is 11.3 Å². The molecule has 2 rings (SSSR count). The summed E-state index contributed by atoms with van der Waals surface area (Å²) >= 11 is 1.29. The van der Waals surface area contributed by atoms with Crippen LogP contribution in [0.2, 0.25) is 0 Å². The molecule has 0 aliphatic carbocycles. The van der Waals surface area contributed by atoms with Gasteiger partial charge in [-0.05, 0) is 19.1 Å². The molecule has 8 heteroatoms. The molecule has 2 aromatic rings. The summed E-state index contributed by atoms with van der Waals surface area (Å²) in [4.78, 5) is 1.58. The van der Waals surface area contributed by atoms with Crippen molar-refractivity contribution in [3.8, 4) is 0 Å². The lowest BCUT2D eigenvalue weighted by Crippen LogP contribution is -2.26. The summed E-state index contributed by atoms with van der Waals surface area (Å²) in [6.07, 6.45) is 2.26. The van der Waals surface area contributed by atoms with E-state index in [0.29, 0.717) is 22.7 Å². The number of rotatable bonds is 6. The number of aromatic nitrogens is 2. The van der Waals surface area contributed by atoms with Gasteiger partial charge in [0.15, 0.2) is 0 Å². The highest BCUT2D eigenvalue weighted by Crippen LogP contribution is 2.25. The Morgan fingerprint density at radius 2 is 2.25 bits per heavy atom. The summed E-state index contributed by atoms with van der Waals surface area (Å²) in [6, 6.07) is 3.38. The van der Waals surface area contributed by atoms with Crippen molar-refractivity contribution >= 4 is 21.4 Å². The molecule has 0 aliphatic rings. The lowest BCUT2D eigenvalue weighted by Gasteiger charge is -2.06. The molecule has 6 nitrogen and oxygen atoms in total. The highest BCUT2D eigenvalue weighted by molar-refractivity contribution is 7.89. The number of aliphatic hydroxyl groups is 1. The van der Waals surface area contributed by atoms with Crippen molar-refractivity contribution in [3.05, 3.63) is 33.8 Å². The van der Waals surface area contributed by atoms with Crippen LogP contribution in [0.1, 0.15) is 15.4 Å². The Balaban J connectivity index is 2.04. The molecule has 0 saturated carbocycles. The SMILES string of the molecule is Cc1sc(CO)cc1S(=O)(=O)NCCc1ccnn1C. The van der Waals surface area contributed by atoms with Crippen LogP contribution >= 0.6 is 11.3 Å². The second kappa shape index (κ2) is 6.04. The smallest absolute Gasteiger partial charge is 0.241 e. The van der Waals surface area contributed by atoms with Crippen LogP contribution in [0.4, 0.5) is 0 Å². The number of aliphatic hydroxyl groups excluding tert-OH is 1. The van der Waals surface area contributed by atoms with Crippen molar-refractivity contribution < 1.29 is 13.5 Å². The quantitative estimate of drug-likeness (QED) is 0.826. The Kier molecular flexibility index (Phi) is 4.59. The molecular weight excluding hydrogens is 298 g/mol. The second-order valence-corrected chi connectivity index (χ2v) is 7.46. The van der Waals surface area contributed by atoms with Crippen LogP contribution < -0.4 is 4.72 Å². The topological polar surface area (TPSA) is 84.2 Å². The molecule has 110 valence electrons. The van der Waals surface area contributed by atoms with Crippen molar-refractivity contribution in [3.63, 3.8) is 0 Å². The van der Waals surface area contributed by atoms with Gasteiger partial charge >= 0.3 is 0 Å². The highest BCUT2D eigenvalue weighted by Gasteiger charge is 2.19. The average molecular weight is 315 g/mol. The summed E-state index contributed by atoms with van der Waals surface area (Å²) in [6.45, 7) is 1.90. The summed E-state index contributed by atoms with van der Waals surface area (Å²) in [5, 5.41) is 13.1. The van der Waals surface area contributed by atoms with Crippen LogP contribution in [-0.2, 0) is 30.1 Å². The van der Waals surface area contributed by atoms with E-state index in [0.717, 1.165) is 5.69 Å². The number of thiophene rings is 1. The molecule has 0 spiro atoms. The standard InChI is InChI=1S/C12H17N3O3S2/c1-9-12(7-11(8-16)19-9)20(17,18)14-6-4-10-3-5-13-15(10)2/h3,5,7,14,16H,4,6,8H2,1-2H3. The van der Waals surface area contributed by atoms with Crippen molar-refractivity contribution in [2.24, 2.45) is 7.05 Å². The van der Waals surface area contributed by atoms with Crippen LogP contribution in [0.5, 0.6) is 0 Å². The van der Waals surface area contributed by atoms with Crippen molar-refractivity contribution in [1.82, 2.24) is 14.5 Å². The molecular formula is C12H17N3O3S2. The predicted molar refractivity (Wildman–Crippen MR) is 77.1 cm³/mol. The third-order valence-corrected chi connectivity index (χ3v) is 5.72. The van der Waals surface area contributed by atoms with Gasteiger partial charge in [0.25, 0.3) is 0 Å². The average Bonchev–Trinajstić information content (AvgIpc) is 2.96. The zero-order chi connectivity index (χ0) is 14.8. The molecule has 0 bridgehead atoms. The number of aryl methyl sites for hydroxylation is 2. The fraction of sp³-hybridized carbons (Fsp3) is 0.417. The molecule has 0 fully saturated rings. The van der Waals surface area contributed by atoms with Gasteiger partial charge in [0, 0.05) is 41.7 Å². The predicted octanol–water partition coefficient (Wildman–Crippen LogP) is 0.803. The summed E-state index contributed by atoms with van der Waals surface area (Å²) in [7, 11) is -1.71. The zero-order valence-corrected chi connectivity index (χ0v) is 13.0. The van der Waals surface area contributed by atoms with Crippen LogP contribution in [0.3, 0.4) is 0 Å². The minimum absolute atomic E-state index is 0.143. The molecule has 0 atom stereocenters. The largest absolute Gasteiger partial charge is 0.391 e. The first-order valence-corrected chi connectivity index (χ1v) is 8.40. The highest BCUT2D eigenvalue weighted by atomic mass is 32.2. The second-order valence-electron chi connectivity index (χ2n) is 4.39. The Morgan fingerprint density at radius 1 is 1.50 bits per heavy atom. The van der Waals surface area contributed by atoms with Gasteiger partial charge in [-0.25, -0.2) is 13.1 Å². The minimum Gasteiger partial charge on any atom is -0.391 e. The van der Waals surface area contributed by atoms with Gasteiger partial charge in [-0.2, -0.15) is 5.10 Å². The van der Waals surface area contributed by atoms with Crippen molar-refractivity contribution in [2.45, 2.75) is 24.8 Å². The van der Waals surface area contributed by atoms with E-state index in [1.165, 1.54) is 17.4 Å². The normalized spacial score (nSPS) is 11.9. The number of nitrogens with one attached hydrogen (secondary N) is 1. The van der Waals surface area contributed by atoms with Crippen LogP contribution in [0, 0.1) is 6.92 Å². The molecule has 20 heavy (non-hydrogen) atoms.